The number of anilines is 2. The van der Waals surface area contributed by atoms with Gasteiger partial charge in [-0.3, -0.25) is 14.6 Å². The van der Waals surface area contributed by atoms with Crippen molar-refractivity contribution in [2.75, 3.05) is 16.8 Å². The Labute approximate surface area is 206 Å². The van der Waals surface area contributed by atoms with Gasteiger partial charge in [0.15, 0.2) is 0 Å². The maximum Gasteiger partial charge on any atom is 0.446 e. The lowest BCUT2D eigenvalue weighted by Crippen LogP contribution is -2.33. The number of hydrogen-bond donors (Lipinski definition) is 1. The van der Waals surface area contributed by atoms with Gasteiger partial charge in [-0.1, -0.05) is 23.7 Å². The molecule has 0 saturated carbocycles. The molecular weight excluding hydrogens is 505 g/mol. The van der Waals surface area contributed by atoms with Gasteiger partial charge in [0.05, 0.1) is 34.7 Å². The first-order valence-electron chi connectivity index (χ1n) is 10.1. The highest BCUT2D eigenvalue weighted by atomic mass is 35.5. The van der Waals surface area contributed by atoms with E-state index < -0.39 is 23.4 Å². The Bertz CT molecular complexity index is 1290. The van der Waals surface area contributed by atoms with Gasteiger partial charge >= 0.3 is 11.5 Å². The average Bonchev–Trinajstić information content (AvgIpc) is 3.07. The molecule has 7 nitrogen and oxygen atoms in total. The van der Waals surface area contributed by atoms with Crippen LogP contribution in [0.2, 0.25) is 5.02 Å². The fourth-order valence-corrected chi connectivity index (χ4v) is 4.20. The molecule has 0 bridgehead atoms. The summed E-state index contributed by atoms with van der Waals surface area (Å²) in [5, 5.41) is 2.99. The maximum absolute atomic E-state index is 13.0. The van der Waals surface area contributed by atoms with Crippen LogP contribution in [0.1, 0.15) is 15.9 Å². The minimum atomic E-state index is -4.44. The zero-order chi connectivity index (χ0) is 25.2. The molecule has 12 heteroatoms. The molecule has 0 radical (unpaired) electrons. The third kappa shape index (κ3) is 5.75. The number of imide groups is 1. The SMILES string of the molecule is O=C(Nc1cnccc1CN1CC(=O)N(c2ccc(SC(F)(F)F)cc2)C1=O)c1ccccc1Cl. The van der Waals surface area contributed by atoms with Gasteiger partial charge in [0, 0.05) is 11.1 Å². The van der Waals surface area contributed by atoms with E-state index in [-0.39, 0.29) is 46.0 Å². The first-order chi connectivity index (χ1) is 16.6. The molecule has 1 aliphatic heterocycles. The predicted octanol–water partition coefficient (Wildman–Crippen LogP) is 5.57. The Morgan fingerprint density at radius 3 is 2.49 bits per heavy atom. The van der Waals surface area contributed by atoms with Crippen molar-refractivity contribution in [3.63, 3.8) is 0 Å². The molecule has 2 aromatic carbocycles. The fourth-order valence-electron chi connectivity index (χ4n) is 3.44. The molecule has 2 heterocycles. The normalized spacial score (nSPS) is 13.9. The topological polar surface area (TPSA) is 82.6 Å². The van der Waals surface area contributed by atoms with Crippen molar-refractivity contribution < 1.29 is 27.6 Å². The number of nitrogens with zero attached hydrogens (tertiary/aromatic N) is 3. The summed E-state index contributed by atoms with van der Waals surface area (Å²) in [5.41, 5.74) is -3.16. The number of carbonyl (C=O) groups is 3. The Kier molecular flexibility index (Phi) is 6.99. The van der Waals surface area contributed by atoms with Crippen molar-refractivity contribution in [1.82, 2.24) is 9.88 Å². The molecule has 0 atom stereocenters. The van der Waals surface area contributed by atoms with Crippen LogP contribution >= 0.6 is 23.4 Å². The molecular formula is C23H16ClF3N4O3S. The molecule has 1 saturated heterocycles. The van der Waals surface area contributed by atoms with Gasteiger partial charge in [-0.2, -0.15) is 13.2 Å². The molecule has 1 aliphatic rings. The number of hydrogen-bond acceptors (Lipinski definition) is 5. The van der Waals surface area contributed by atoms with Gasteiger partial charge in [-0.25, -0.2) is 9.69 Å². The predicted molar refractivity (Wildman–Crippen MR) is 125 cm³/mol. The third-order valence-corrected chi connectivity index (χ3v) is 6.07. The molecule has 35 heavy (non-hydrogen) atoms. The number of alkyl halides is 3. The Morgan fingerprint density at radius 2 is 1.80 bits per heavy atom. The number of benzene rings is 2. The molecule has 4 amide bonds. The van der Waals surface area contributed by atoms with Gasteiger partial charge in [0.2, 0.25) is 0 Å². The summed E-state index contributed by atoms with van der Waals surface area (Å²) < 4.78 is 37.7. The standard InChI is InChI=1S/C23H16ClF3N4O3S/c24-18-4-2-1-3-17(18)21(33)29-19-11-28-10-9-14(19)12-30-13-20(32)31(22(30)34)15-5-7-16(8-6-15)35-23(25,26)27/h1-11H,12-13H2,(H,29,33). The van der Waals surface area contributed by atoms with Crippen LogP contribution in [0.5, 0.6) is 0 Å². The molecule has 0 unspecified atom stereocenters. The maximum atomic E-state index is 13.0. The Hall–Kier alpha value is -3.57. The van der Waals surface area contributed by atoms with E-state index in [4.69, 9.17) is 11.6 Å². The minimum absolute atomic E-state index is 0.0102. The lowest BCUT2D eigenvalue weighted by Gasteiger charge is -2.19. The van der Waals surface area contributed by atoms with E-state index in [1.807, 2.05) is 0 Å². The van der Waals surface area contributed by atoms with Gasteiger partial charge in [-0.15, -0.1) is 0 Å². The van der Waals surface area contributed by atoms with Crippen molar-refractivity contribution in [3.05, 3.63) is 83.1 Å². The van der Waals surface area contributed by atoms with Crippen molar-refractivity contribution in [3.8, 4) is 0 Å². The van der Waals surface area contributed by atoms with Crippen molar-refractivity contribution in [2.24, 2.45) is 0 Å². The van der Waals surface area contributed by atoms with Crippen molar-refractivity contribution in [1.29, 1.82) is 0 Å². The first-order valence-corrected chi connectivity index (χ1v) is 11.3. The summed E-state index contributed by atoms with van der Waals surface area (Å²) in [5.74, 6) is -0.992. The number of amides is 4. The van der Waals surface area contributed by atoms with Gasteiger partial charge in [0.25, 0.3) is 11.8 Å². The Morgan fingerprint density at radius 1 is 1.09 bits per heavy atom. The second-order valence-corrected chi connectivity index (χ2v) is 8.92. The summed E-state index contributed by atoms with van der Waals surface area (Å²) in [6.07, 6.45) is 2.90. The zero-order valence-corrected chi connectivity index (χ0v) is 19.3. The zero-order valence-electron chi connectivity index (χ0n) is 17.8. The first kappa shape index (κ1) is 24.6. The highest BCUT2D eigenvalue weighted by Gasteiger charge is 2.37. The number of urea groups is 1. The van der Waals surface area contributed by atoms with Crippen LogP contribution in [0.15, 0.2) is 71.9 Å². The van der Waals surface area contributed by atoms with Crippen LogP contribution in [0.25, 0.3) is 0 Å². The summed E-state index contributed by atoms with van der Waals surface area (Å²) >= 11 is 5.80. The summed E-state index contributed by atoms with van der Waals surface area (Å²) in [6.45, 7) is -0.248. The Balaban J connectivity index is 1.49. The summed E-state index contributed by atoms with van der Waals surface area (Å²) in [4.78, 5) is 44.3. The molecule has 1 aromatic heterocycles. The fraction of sp³-hybridized carbons (Fsp3) is 0.130. The third-order valence-electron chi connectivity index (χ3n) is 5.01. The van der Waals surface area contributed by atoms with E-state index in [1.54, 1.807) is 30.3 Å². The second-order valence-electron chi connectivity index (χ2n) is 7.38. The molecule has 1 N–H and O–H groups in total. The highest BCUT2D eigenvalue weighted by Crippen LogP contribution is 2.37. The highest BCUT2D eigenvalue weighted by molar-refractivity contribution is 8.00. The number of thioether (sulfide) groups is 1. The lowest BCUT2D eigenvalue weighted by molar-refractivity contribution is -0.116. The van der Waals surface area contributed by atoms with Gasteiger partial charge in [-0.05, 0) is 59.8 Å². The van der Waals surface area contributed by atoms with Crippen LogP contribution in [-0.4, -0.2) is 39.8 Å². The van der Waals surface area contributed by atoms with Crippen LogP contribution in [0.3, 0.4) is 0 Å². The van der Waals surface area contributed by atoms with E-state index in [0.29, 0.717) is 11.3 Å². The smallest absolute Gasteiger partial charge is 0.320 e. The summed E-state index contributed by atoms with van der Waals surface area (Å²) in [6, 6.07) is 12.4. The van der Waals surface area contributed by atoms with E-state index in [2.05, 4.69) is 10.3 Å². The number of rotatable bonds is 6. The van der Waals surface area contributed by atoms with Crippen molar-refractivity contribution >= 4 is 52.6 Å². The second kappa shape index (κ2) is 9.96. The van der Waals surface area contributed by atoms with E-state index >= 15 is 0 Å². The van der Waals surface area contributed by atoms with Crippen LogP contribution in [-0.2, 0) is 11.3 Å². The molecule has 1 fully saturated rings. The number of nitrogens with one attached hydrogen (secondary N) is 1. The van der Waals surface area contributed by atoms with Crippen LogP contribution in [0, 0.1) is 0 Å². The number of pyridine rings is 1. The largest absolute Gasteiger partial charge is 0.446 e. The lowest BCUT2D eigenvalue weighted by atomic mass is 10.1. The van der Waals surface area contributed by atoms with Crippen LogP contribution < -0.4 is 10.2 Å². The molecule has 180 valence electrons. The van der Waals surface area contributed by atoms with Crippen molar-refractivity contribution in [2.45, 2.75) is 16.9 Å². The van der Waals surface area contributed by atoms with E-state index in [1.165, 1.54) is 41.6 Å². The van der Waals surface area contributed by atoms with E-state index in [9.17, 15) is 27.6 Å². The summed E-state index contributed by atoms with van der Waals surface area (Å²) in [7, 11) is 0. The molecule has 3 aromatic rings. The van der Waals surface area contributed by atoms with Gasteiger partial charge < -0.3 is 10.2 Å². The minimum Gasteiger partial charge on any atom is -0.320 e. The average molecular weight is 521 g/mol. The molecule has 0 spiro atoms. The number of halogens is 4. The van der Waals surface area contributed by atoms with Crippen LogP contribution in [0.4, 0.5) is 29.3 Å². The molecule has 4 rings (SSSR count). The van der Waals surface area contributed by atoms with E-state index in [0.717, 1.165) is 4.90 Å². The monoisotopic (exact) mass is 520 g/mol. The number of carbonyl (C=O) groups excluding carboxylic acids is 3. The molecule has 0 aliphatic carbocycles. The quantitative estimate of drug-likeness (QED) is 0.339. The number of aromatic nitrogens is 1. The van der Waals surface area contributed by atoms with Gasteiger partial charge in [0.1, 0.15) is 6.54 Å².